The lowest BCUT2D eigenvalue weighted by Gasteiger charge is -2.46. The lowest BCUT2D eigenvalue weighted by molar-refractivity contribution is -0.125. The Hall–Kier alpha value is -2.67. The molecule has 1 atom stereocenters. The number of likely N-dealkylation sites (tertiary alicyclic amines) is 1. The molecule has 2 heterocycles. The normalized spacial score (nSPS) is 20.2. The van der Waals surface area contributed by atoms with Crippen molar-refractivity contribution in [2.24, 2.45) is 5.92 Å². The summed E-state index contributed by atoms with van der Waals surface area (Å²) >= 11 is 0. The van der Waals surface area contributed by atoms with Gasteiger partial charge in [0.05, 0.1) is 19.3 Å². The van der Waals surface area contributed by atoms with Crippen molar-refractivity contribution < 1.29 is 27.8 Å². The van der Waals surface area contributed by atoms with E-state index in [-0.39, 0.29) is 23.1 Å². The van der Waals surface area contributed by atoms with Crippen molar-refractivity contribution in [2.45, 2.75) is 37.7 Å². The third-order valence-corrected chi connectivity index (χ3v) is 6.56. The van der Waals surface area contributed by atoms with Crippen LogP contribution in [-0.2, 0) is 4.74 Å². The highest BCUT2D eigenvalue weighted by Crippen LogP contribution is 2.39. The molecule has 2 aliphatic heterocycles. The first-order chi connectivity index (χ1) is 15.5. The van der Waals surface area contributed by atoms with Gasteiger partial charge in [-0.25, -0.2) is 8.78 Å². The Morgan fingerprint density at radius 1 is 1.16 bits per heavy atom. The largest absolute Gasteiger partial charge is 0.494 e. The number of amides is 1. The lowest BCUT2D eigenvalue weighted by atomic mass is 9.78. The number of carbonyl (C=O) groups is 1. The average Bonchev–Trinajstić information content (AvgIpc) is 2.80. The third-order valence-electron chi connectivity index (χ3n) is 6.56. The molecule has 172 valence electrons. The zero-order valence-electron chi connectivity index (χ0n) is 18.3. The Morgan fingerprint density at radius 3 is 2.59 bits per heavy atom. The zero-order valence-corrected chi connectivity index (χ0v) is 18.3. The van der Waals surface area contributed by atoms with Crippen molar-refractivity contribution in [3.05, 3.63) is 59.7 Å². The van der Waals surface area contributed by atoms with E-state index in [1.165, 1.54) is 31.4 Å². The Balaban J connectivity index is 1.28. The maximum absolute atomic E-state index is 14.0. The fraction of sp³-hybridized carbons (Fsp3) is 0.480. The molecule has 0 aromatic heterocycles. The Labute approximate surface area is 187 Å². The van der Waals surface area contributed by atoms with Crippen LogP contribution in [0.1, 0.15) is 42.5 Å². The summed E-state index contributed by atoms with van der Waals surface area (Å²) in [7, 11) is 1.40. The van der Waals surface area contributed by atoms with E-state index in [2.05, 4.69) is 0 Å². The van der Waals surface area contributed by atoms with E-state index < -0.39 is 5.82 Å². The molecule has 2 saturated heterocycles. The van der Waals surface area contributed by atoms with Crippen LogP contribution in [0.5, 0.6) is 11.5 Å². The first-order valence-corrected chi connectivity index (χ1v) is 11.1. The summed E-state index contributed by atoms with van der Waals surface area (Å²) in [5.74, 6) is 0.321. The second-order valence-electron chi connectivity index (χ2n) is 8.62. The summed E-state index contributed by atoms with van der Waals surface area (Å²) in [6.45, 7) is 2.47. The average molecular weight is 446 g/mol. The van der Waals surface area contributed by atoms with Crippen molar-refractivity contribution in [2.75, 3.05) is 33.4 Å². The summed E-state index contributed by atoms with van der Waals surface area (Å²) in [4.78, 5) is 14.6. The summed E-state index contributed by atoms with van der Waals surface area (Å²) < 4.78 is 43.9. The Bertz CT molecular complexity index is 926. The van der Waals surface area contributed by atoms with Crippen LogP contribution in [0.25, 0.3) is 0 Å². The lowest BCUT2D eigenvalue weighted by Crippen LogP contribution is -2.50. The first-order valence-electron chi connectivity index (χ1n) is 11.1. The number of nitrogens with zero attached hydrogens (tertiary/aromatic N) is 1. The van der Waals surface area contributed by atoms with Gasteiger partial charge in [0.2, 0.25) is 0 Å². The predicted octanol–water partition coefficient (Wildman–Crippen LogP) is 4.84. The molecule has 1 spiro atoms. The van der Waals surface area contributed by atoms with Gasteiger partial charge in [0.15, 0.2) is 11.6 Å². The molecular weight excluding hydrogens is 416 g/mol. The van der Waals surface area contributed by atoms with Crippen LogP contribution in [0, 0.1) is 17.6 Å². The molecule has 2 fully saturated rings. The molecule has 0 radical (unpaired) electrons. The summed E-state index contributed by atoms with van der Waals surface area (Å²) in [5, 5.41) is 0. The van der Waals surface area contributed by atoms with E-state index in [0.29, 0.717) is 43.5 Å². The molecule has 1 unspecified atom stereocenters. The van der Waals surface area contributed by atoms with Gasteiger partial charge >= 0.3 is 0 Å². The molecule has 0 saturated carbocycles. The van der Waals surface area contributed by atoms with Crippen LogP contribution in [-0.4, -0.2) is 49.8 Å². The van der Waals surface area contributed by atoms with Crippen LogP contribution in [0.3, 0.4) is 0 Å². The minimum atomic E-state index is -0.534. The molecule has 1 amide bonds. The summed E-state index contributed by atoms with van der Waals surface area (Å²) in [6.07, 6.45) is 4.39. The number of halogens is 2. The highest BCUT2D eigenvalue weighted by atomic mass is 19.1. The quantitative estimate of drug-likeness (QED) is 0.638. The molecule has 0 aliphatic carbocycles. The van der Waals surface area contributed by atoms with E-state index in [1.807, 2.05) is 0 Å². The number of carbonyl (C=O) groups excluding carboxylic acids is 1. The van der Waals surface area contributed by atoms with E-state index in [9.17, 15) is 13.6 Å². The molecule has 7 heteroatoms. The van der Waals surface area contributed by atoms with Crippen LogP contribution in [0.15, 0.2) is 42.5 Å². The van der Waals surface area contributed by atoms with Crippen molar-refractivity contribution >= 4 is 5.91 Å². The van der Waals surface area contributed by atoms with Gasteiger partial charge in [-0.1, -0.05) is 0 Å². The van der Waals surface area contributed by atoms with Gasteiger partial charge in [0.25, 0.3) is 5.91 Å². The fourth-order valence-electron chi connectivity index (χ4n) is 4.70. The fourth-order valence-corrected chi connectivity index (χ4v) is 4.70. The Morgan fingerprint density at radius 2 is 1.91 bits per heavy atom. The van der Waals surface area contributed by atoms with Gasteiger partial charge in [0, 0.05) is 25.3 Å². The molecular formula is C25H29F2NO4. The highest BCUT2D eigenvalue weighted by molar-refractivity contribution is 5.94. The maximum Gasteiger partial charge on any atom is 0.253 e. The minimum absolute atomic E-state index is 0.129. The second-order valence-corrected chi connectivity index (χ2v) is 8.62. The van der Waals surface area contributed by atoms with Gasteiger partial charge in [-0.2, -0.15) is 0 Å². The molecule has 2 aromatic rings. The third kappa shape index (κ3) is 5.21. The van der Waals surface area contributed by atoms with Crippen molar-refractivity contribution in [3.8, 4) is 11.5 Å². The molecule has 2 aromatic carbocycles. The van der Waals surface area contributed by atoms with E-state index in [0.717, 1.165) is 32.1 Å². The number of hydrogen-bond acceptors (Lipinski definition) is 4. The summed E-state index contributed by atoms with van der Waals surface area (Å²) in [6, 6.07) is 10.4. The van der Waals surface area contributed by atoms with Crippen molar-refractivity contribution in [3.63, 3.8) is 0 Å². The minimum Gasteiger partial charge on any atom is -0.494 e. The van der Waals surface area contributed by atoms with Gasteiger partial charge in [0.1, 0.15) is 11.6 Å². The Kier molecular flexibility index (Phi) is 6.94. The van der Waals surface area contributed by atoms with E-state index >= 15 is 0 Å². The molecule has 0 N–H and O–H groups in total. The molecule has 2 aliphatic rings. The smallest absolute Gasteiger partial charge is 0.253 e. The van der Waals surface area contributed by atoms with E-state index in [4.69, 9.17) is 14.2 Å². The van der Waals surface area contributed by atoms with Crippen LogP contribution < -0.4 is 9.47 Å². The first kappa shape index (κ1) is 22.5. The SMILES string of the molecule is COc1ccc(C(=O)N2CCC3(CC2)CC(CCOc2ccc(F)cc2)CCO3)cc1F. The molecule has 5 nitrogen and oxygen atoms in total. The number of methoxy groups -OCH3 is 1. The maximum atomic E-state index is 14.0. The van der Waals surface area contributed by atoms with Gasteiger partial charge in [-0.05, 0) is 80.5 Å². The zero-order chi connectivity index (χ0) is 22.6. The van der Waals surface area contributed by atoms with Crippen LogP contribution >= 0.6 is 0 Å². The molecule has 32 heavy (non-hydrogen) atoms. The number of rotatable bonds is 6. The predicted molar refractivity (Wildman–Crippen MR) is 116 cm³/mol. The van der Waals surface area contributed by atoms with Gasteiger partial charge in [-0.3, -0.25) is 4.79 Å². The van der Waals surface area contributed by atoms with Gasteiger partial charge < -0.3 is 19.1 Å². The number of benzene rings is 2. The number of piperidine rings is 1. The van der Waals surface area contributed by atoms with E-state index in [1.54, 1.807) is 23.1 Å². The monoisotopic (exact) mass is 445 g/mol. The standard InChI is InChI=1S/C25H29F2NO4/c1-30-23-7-2-19(16-22(23)27)24(29)28-12-10-25(11-13-28)17-18(9-15-32-25)8-14-31-21-5-3-20(26)4-6-21/h2-7,16,18H,8-15,17H2,1H3. The van der Waals surface area contributed by atoms with Crippen molar-refractivity contribution in [1.82, 2.24) is 4.90 Å². The summed E-state index contributed by atoms with van der Waals surface area (Å²) in [5.41, 5.74) is 0.125. The molecule has 0 bridgehead atoms. The second kappa shape index (κ2) is 9.86. The topological polar surface area (TPSA) is 48.0 Å². The van der Waals surface area contributed by atoms with Crippen LogP contribution in [0.2, 0.25) is 0 Å². The highest BCUT2D eigenvalue weighted by Gasteiger charge is 2.41. The number of ether oxygens (including phenoxy) is 3. The van der Waals surface area contributed by atoms with Crippen LogP contribution in [0.4, 0.5) is 8.78 Å². The van der Waals surface area contributed by atoms with Gasteiger partial charge in [-0.15, -0.1) is 0 Å². The van der Waals surface area contributed by atoms with Crippen molar-refractivity contribution in [1.29, 1.82) is 0 Å². The molecule has 4 rings (SSSR count). The number of hydrogen-bond donors (Lipinski definition) is 0.